The van der Waals surface area contributed by atoms with Crippen LogP contribution in [-0.2, 0) is 4.74 Å². The topological polar surface area (TPSA) is 21.3 Å². The normalized spacial score (nSPS) is 24.1. The van der Waals surface area contributed by atoms with Gasteiger partial charge in [-0.05, 0) is 51.3 Å². The van der Waals surface area contributed by atoms with Gasteiger partial charge >= 0.3 is 0 Å². The SMILES string of the molecule is C[C@H](NCC1CCC(C)(C)O1)c1ccc(Cl)cc1. The van der Waals surface area contributed by atoms with Crippen LogP contribution >= 0.6 is 11.6 Å². The highest BCUT2D eigenvalue weighted by Crippen LogP contribution is 2.29. The summed E-state index contributed by atoms with van der Waals surface area (Å²) < 4.78 is 5.97. The molecule has 1 unspecified atom stereocenters. The second-order valence-corrected chi connectivity index (χ2v) is 6.16. The van der Waals surface area contributed by atoms with Crippen LogP contribution in [0.5, 0.6) is 0 Å². The molecule has 2 nitrogen and oxygen atoms in total. The summed E-state index contributed by atoms with van der Waals surface area (Å²) in [6.45, 7) is 7.40. The first kappa shape index (κ1) is 13.9. The monoisotopic (exact) mass is 267 g/mol. The van der Waals surface area contributed by atoms with Crippen molar-refractivity contribution < 1.29 is 4.74 Å². The largest absolute Gasteiger partial charge is 0.371 e. The molecule has 1 heterocycles. The van der Waals surface area contributed by atoms with E-state index in [-0.39, 0.29) is 5.60 Å². The van der Waals surface area contributed by atoms with Crippen LogP contribution in [0.25, 0.3) is 0 Å². The Balaban J connectivity index is 1.82. The molecule has 0 bridgehead atoms. The number of benzene rings is 1. The van der Waals surface area contributed by atoms with Gasteiger partial charge in [0.15, 0.2) is 0 Å². The van der Waals surface area contributed by atoms with Crippen LogP contribution in [0.4, 0.5) is 0 Å². The van der Waals surface area contributed by atoms with E-state index in [1.54, 1.807) is 0 Å². The van der Waals surface area contributed by atoms with Crippen molar-refractivity contribution in [3.63, 3.8) is 0 Å². The molecule has 0 amide bonds. The summed E-state index contributed by atoms with van der Waals surface area (Å²) in [7, 11) is 0. The lowest BCUT2D eigenvalue weighted by molar-refractivity contribution is -0.0150. The van der Waals surface area contributed by atoms with E-state index < -0.39 is 0 Å². The van der Waals surface area contributed by atoms with Gasteiger partial charge in [-0.15, -0.1) is 0 Å². The minimum absolute atomic E-state index is 0.0514. The molecule has 0 aromatic heterocycles. The Morgan fingerprint density at radius 2 is 2.06 bits per heavy atom. The number of hydrogen-bond acceptors (Lipinski definition) is 2. The fourth-order valence-corrected chi connectivity index (χ4v) is 2.52. The third-order valence-corrected chi connectivity index (χ3v) is 3.83. The van der Waals surface area contributed by atoms with Gasteiger partial charge in [-0.25, -0.2) is 0 Å². The second-order valence-electron chi connectivity index (χ2n) is 5.72. The first-order valence-corrected chi connectivity index (χ1v) is 7.01. The minimum Gasteiger partial charge on any atom is -0.371 e. The number of hydrogen-bond donors (Lipinski definition) is 1. The fourth-order valence-electron chi connectivity index (χ4n) is 2.40. The standard InChI is InChI=1S/C15H22ClNO/c1-11(12-4-6-13(16)7-5-12)17-10-14-8-9-15(2,3)18-14/h4-7,11,14,17H,8-10H2,1-3H3/t11-,14?/m0/s1. The number of ether oxygens (including phenoxy) is 1. The second kappa shape index (κ2) is 5.60. The van der Waals surface area contributed by atoms with Crippen molar-refractivity contribution >= 4 is 11.6 Å². The molecule has 1 N–H and O–H groups in total. The van der Waals surface area contributed by atoms with Gasteiger partial charge in [-0.1, -0.05) is 23.7 Å². The van der Waals surface area contributed by atoms with Crippen molar-refractivity contribution in [3.05, 3.63) is 34.9 Å². The third kappa shape index (κ3) is 3.71. The van der Waals surface area contributed by atoms with Gasteiger partial charge < -0.3 is 10.1 Å². The quantitative estimate of drug-likeness (QED) is 0.892. The molecule has 1 aromatic rings. The zero-order chi connectivity index (χ0) is 13.2. The summed E-state index contributed by atoms with van der Waals surface area (Å²) >= 11 is 5.89. The molecule has 18 heavy (non-hydrogen) atoms. The van der Waals surface area contributed by atoms with Crippen molar-refractivity contribution in [3.8, 4) is 0 Å². The molecule has 0 radical (unpaired) electrons. The van der Waals surface area contributed by atoms with Crippen LogP contribution in [-0.4, -0.2) is 18.2 Å². The summed E-state index contributed by atoms with van der Waals surface area (Å²) in [5.74, 6) is 0. The van der Waals surface area contributed by atoms with Crippen molar-refractivity contribution in [1.29, 1.82) is 0 Å². The molecule has 2 atom stereocenters. The predicted octanol–water partition coefficient (Wildman–Crippen LogP) is 3.95. The van der Waals surface area contributed by atoms with Gasteiger partial charge in [0.1, 0.15) is 0 Å². The summed E-state index contributed by atoms with van der Waals surface area (Å²) in [5.41, 5.74) is 1.31. The first-order valence-electron chi connectivity index (χ1n) is 6.63. The van der Waals surface area contributed by atoms with Gasteiger partial charge in [-0.2, -0.15) is 0 Å². The van der Waals surface area contributed by atoms with Gasteiger partial charge in [0, 0.05) is 17.6 Å². The molecule has 100 valence electrons. The maximum Gasteiger partial charge on any atom is 0.0708 e. The highest BCUT2D eigenvalue weighted by Gasteiger charge is 2.31. The molecule has 1 fully saturated rings. The maximum atomic E-state index is 5.97. The van der Waals surface area contributed by atoms with Gasteiger partial charge in [0.25, 0.3) is 0 Å². The first-order chi connectivity index (χ1) is 8.46. The maximum absolute atomic E-state index is 5.97. The molecule has 0 saturated carbocycles. The third-order valence-electron chi connectivity index (χ3n) is 3.58. The number of halogens is 1. The Labute approximate surface area is 115 Å². The molecule has 3 heteroatoms. The van der Waals surface area contributed by atoms with Crippen molar-refractivity contribution in [2.24, 2.45) is 0 Å². The molecule has 0 spiro atoms. The van der Waals surface area contributed by atoms with Gasteiger partial charge in [0.05, 0.1) is 11.7 Å². The van der Waals surface area contributed by atoms with E-state index in [1.807, 2.05) is 12.1 Å². The van der Waals surface area contributed by atoms with E-state index in [9.17, 15) is 0 Å². The average molecular weight is 268 g/mol. The predicted molar refractivity (Wildman–Crippen MR) is 76.1 cm³/mol. The Morgan fingerprint density at radius 3 is 2.61 bits per heavy atom. The van der Waals surface area contributed by atoms with Crippen LogP contribution in [0, 0.1) is 0 Å². The van der Waals surface area contributed by atoms with Crippen LogP contribution in [0.2, 0.25) is 5.02 Å². The molecule has 2 rings (SSSR count). The molecule has 1 aliphatic heterocycles. The molecular weight excluding hydrogens is 246 g/mol. The molecule has 1 aliphatic rings. The number of nitrogens with one attached hydrogen (secondary N) is 1. The minimum atomic E-state index is 0.0514. The summed E-state index contributed by atoms with van der Waals surface area (Å²) in [6, 6.07) is 8.34. The van der Waals surface area contributed by atoms with Gasteiger partial charge in [0.2, 0.25) is 0 Å². The van der Waals surface area contributed by atoms with Crippen molar-refractivity contribution in [1.82, 2.24) is 5.32 Å². The Morgan fingerprint density at radius 1 is 1.39 bits per heavy atom. The van der Waals surface area contributed by atoms with Crippen molar-refractivity contribution in [2.75, 3.05) is 6.54 Å². The van der Waals surface area contributed by atoms with Gasteiger partial charge in [-0.3, -0.25) is 0 Å². The fraction of sp³-hybridized carbons (Fsp3) is 0.600. The molecule has 0 aliphatic carbocycles. The summed E-state index contributed by atoms with van der Waals surface area (Å²) in [5, 5.41) is 4.31. The van der Waals surface area contributed by atoms with E-state index in [4.69, 9.17) is 16.3 Å². The van der Waals surface area contributed by atoms with Crippen LogP contribution < -0.4 is 5.32 Å². The Hall–Kier alpha value is -0.570. The Bertz CT molecular complexity index is 388. The zero-order valence-electron chi connectivity index (χ0n) is 11.4. The lowest BCUT2D eigenvalue weighted by Gasteiger charge is -2.21. The summed E-state index contributed by atoms with van der Waals surface area (Å²) in [4.78, 5) is 0. The molecule has 1 saturated heterocycles. The van der Waals surface area contributed by atoms with E-state index in [1.165, 1.54) is 5.56 Å². The van der Waals surface area contributed by atoms with Crippen LogP contribution in [0.1, 0.15) is 45.2 Å². The zero-order valence-corrected chi connectivity index (χ0v) is 12.1. The number of rotatable bonds is 4. The van der Waals surface area contributed by atoms with E-state index in [0.29, 0.717) is 12.1 Å². The van der Waals surface area contributed by atoms with E-state index in [0.717, 1.165) is 24.4 Å². The van der Waals surface area contributed by atoms with Crippen molar-refractivity contribution in [2.45, 2.75) is 51.4 Å². The van der Waals surface area contributed by atoms with E-state index in [2.05, 4.69) is 38.2 Å². The average Bonchev–Trinajstić information content (AvgIpc) is 2.67. The van der Waals surface area contributed by atoms with Crippen LogP contribution in [0.3, 0.4) is 0 Å². The highest BCUT2D eigenvalue weighted by molar-refractivity contribution is 6.30. The lowest BCUT2D eigenvalue weighted by atomic mass is 10.1. The smallest absolute Gasteiger partial charge is 0.0708 e. The highest BCUT2D eigenvalue weighted by atomic mass is 35.5. The molecular formula is C15H22ClNO. The summed E-state index contributed by atoms with van der Waals surface area (Å²) in [6.07, 6.45) is 2.64. The van der Waals surface area contributed by atoms with E-state index >= 15 is 0 Å². The Kier molecular flexibility index (Phi) is 4.31. The lowest BCUT2D eigenvalue weighted by Crippen LogP contribution is -2.31. The van der Waals surface area contributed by atoms with Crippen LogP contribution in [0.15, 0.2) is 24.3 Å². The molecule has 1 aromatic carbocycles.